The molecule has 1 N–H and O–H groups in total. The topological polar surface area (TPSA) is 46.4 Å². The number of nitrogens with one attached hydrogen (secondary N) is 1. The zero-order chi connectivity index (χ0) is 16.1. The van der Waals surface area contributed by atoms with Gasteiger partial charge in [0.2, 0.25) is 5.91 Å². The third kappa shape index (κ3) is 3.97. The minimum atomic E-state index is 0.0915. The van der Waals surface area contributed by atoms with Crippen LogP contribution in [0.2, 0.25) is 0 Å². The molecule has 0 aliphatic carbocycles. The third-order valence-corrected chi connectivity index (χ3v) is 3.93. The maximum absolute atomic E-state index is 11.9. The Kier molecular flexibility index (Phi) is 4.71. The average Bonchev–Trinajstić information content (AvgIpc) is 2.98. The predicted molar refractivity (Wildman–Crippen MR) is 91.4 cm³/mol. The lowest BCUT2D eigenvalue weighted by Crippen LogP contribution is -2.25. The fourth-order valence-corrected chi connectivity index (χ4v) is 2.64. The van der Waals surface area contributed by atoms with Crippen LogP contribution < -0.4 is 5.32 Å². The maximum atomic E-state index is 11.9. The van der Waals surface area contributed by atoms with Gasteiger partial charge >= 0.3 is 0 Å². The second-order valence-corrected chi connectivity index (χ2v) is 5.71. The van der Waals surface area contributed by atoms with Gasteiger partial charge in [-0.15, -0.1) is 0 Å². The first-order valence-electron chi connectivity index (χ1n) is 7.96. The number of nitrogens with zero attached hydrogens (tertiary/aromatic N) is 2. The smallest absolute Gasteiger partial charge is 0.220 e. The highest BCUT2D eigenvalue weighted by Crippen LogP contribution is 2.08. The summed E-state index contributed by atoms with van der Waals surface area (Å²) in [4.78, 5) is 16.5. The Morgan fingerprint density at radius 1 is 1.09 bits per heavy atom. The molecule has 3 rings (SSSR count). The average molecular weight is 307 g/mol. The maximum Gasteiger partial charge on any atom is 0.220 e. The Labute approximate surface area is 136 Å². The van der Waals surface area contributed by atoms with E-state index in [0.29, 0.717) is 13.0 Å². The Bertz CT molecular complexity index is 793. The van der Waals surface area contributed by atoms with Gasteiger partial charge in [-0.1, -0.05) is 36.4 Å². The van der Waals surface area contributed by atoms with Gasteiger partial charge in [0.1, 0.15) is 5.65 Å². The number of fused-ring (bicyclic) bond motifs is 1. The molecule has 1 aromatic carbocycles. The molecule has 0 unspecified atom stereocenters. The number of hydrogen-bond acceptors (Lipinski definition) is 2. The summed E-state index contributed by atoms with van der Waals surface area (Å²) in [6, 6.07) is 16.1. The van der Waals surface area contributed by atoms with Crippen LogP contribution in [-0.4, -0.2) is 21.8 Å². The molecule has 0 bridgehead atoms. The Balaban J connectivity index is 1.46. The number of hydrogen-bond donors (Lipinski definition) is 1. The molecule has 2 heterocycles. The van der Waals surface area contributed by atoms with E-state index in [1.807, 2.05) is 48.7 Å². The van der Waals surface area contributed by atoms with Crippen LogP contribution in [0.3, 0.4) is 0 Å². The van der Waals surface area contributed by atoms with Gasteiger partial charge in [0, 0.05) is 31.3 Å². The van der Waals surface area contributed by atoms with Crippen molar-refractivity contribution in [1.82, 2.24) is 14.7 Å². The highest BCUT2D eigenvalue weighted by atomic mass is 16.1. The molecule has 3 aromatic rings. The molecular formula is C19H21N3O. The van der Waals surface area contributed by atoms with Crippen LogP contribution in [-0.2, 0) is 17.6 Å². The number of amides is 1. The fourth-order valence-electron chi connectivity index (χ4n) is 2.64. The number of carbonyl (C=O) groups is 1. The van der Waals surface area contributed by atoms with Gasteiger partial charge in [0.25, 0.3) is 0 Å². The van der Waals surface area contributed by atoms with E-state index in [-0.39, 0.29) is 5.91 Å². The van der Waals surface area contributed by atoms with Gasteiger partial charge in [-0.2, -0.15) is 0 Å². The van der Waals surface area contributed by atoms with Crippen LogP contribution >= 0.6 is 0 Å². The largest absolute Gasteiger partial charge is 0.356 e. The molecule has 0 aliphatic rings. The molecule has 0 spiro atoms. The summed E-state index contributed by atoms with van der Waals surface area (Å²) in [5, 5.41) is 2.97. The van der Waals surface area contributed by atoms with Crippen LogP contribution in [0.5, 0.6) is 0 Å². The lowest BCUT2D eigenvalue weighted by molar-refractivity contribution is -0.121. The van der Waals surface area contributed by atoms with Crippen molar-refractivity contribution in [2.24, 2.45) is 0 Å². The minimum Gasteiger partial charge on any atom is -0.356 e. The zero-order valence-corrected chi connectivity index (χ0v) is 13.3. The van der Waals surface area contributed by atoms with E-state index < -0.39 is 0 Å². The van der Waals surface area contributed by atoms with Crippen molar-refractivity contribution in [1.29, 1.82) is 0 Å². The lowest BCUT2D eigenvalue weighted by atomic mass is 10.1. The van der Waals surface area contributed by atoms with Crippen LogP contribution in [0.15, 0.2) is 54.7 Å². The molecule has 1 amide bonds. The predicted octanol–water partition coefficient (Wildman–Crippen LogP) is 2.93. The molecular weight excluding hydrogens is 286 g/mol. The van der Waals surface area contributed by atoms with Crippen molar-refractivity contribution < 1.29 is 4.79 Å². The molecule has 0 fully saturated rings. The normalized spacial score (nSPS) is 10.8. The van der Waals surface area contributed by atoms with Crippen molar-refractivity contribution in [3.05, 3.63) is 71.7 Å². The van der Waals surface area contributed by atoms with Crippen molar-refractivity contribution in [3.63, 3.8) is 0 Å². The summed E-state index contributed by atoms with van der Waals surface area (Å²) in [6.45, 7) is 2.68. The minimum absolute atomic E-state index is 0.0915. The van der Waals surface area contributed by atoms with E-state index in [1.165, 1.54) is 5.56 Å². The number of pyridine rings is 1. The number of imidazole rings is 1. The SMILES string of the molecule is Cc1cccc2nc(CCNC(=O)CCc3ccccc3)cn12. The Morgan fingerprint density at radius 2 is 1.91 bits per heavy atom. The second-order valence-electron chi connectivity index (χ2n) is 5.71. The first-order chi connectivity index (χ1) is 11.2. The molecule has 4 heteroatoms. The Morgan fingerprint density at radius 3 is 2.70 bits per heavy atom. The van der Waals surface area contributed by atoms with Gasteiger partial charge < -0.3 is 9.72 Å². The van der Waals surface area contributed by atoms with Crippen molar-refractivity contribution in [3.8, 4) is 0 Å². The van der Waals surface area contributed by atoms with Crippen LogP contribution in [0.1, 0.15) is 23.4 Å². The van der Waals surface area contributed by atoms with Crippen molar-refractivity contribution >= 4 is 11.6 Å². The van der Waals surface area contributed by atoms with Gasteiger partial charge in [-0.05, 0) is 31.0 Å². The highest BCUT2D eigenvalue weighted by molar-refractivity contribution is 5.76. The van der Waals surface area contributed by atoms with E-state index in [9.17, 15) is 4.79 Å². The standard InChI is InChI=1S/C19H21N3O/c1-15-6-5-9-18-21-17(14-22(15)18)12-13-20-19(23)11-10-16-7-3-2-4-8-16/h2-9,14H,10-13H2,1H3,(H,20,23). The van der Waals surface area contributed by atoms with Crippen LogP contribution in [0.25, 0.3) is 5.65 Å². The number of rotatable bonds is 6. The lowest BCUT2D eigenvalue weighted by Gasteiger charge is -2.04. The first-order valence-corrected chi connectivity index (χ1v) is 7.96. The summed E-state index contributed by atoms with van der Waals surface area (Å²) in [7, 11) is 0. The third-order valence-electron chi connectivity index (χ3n) is 3.93. The highest BCUT2D eigenvalue weighted by Gasteiger charge is 2.05. The number of carbonyl (C=O) groups excluding carboxylic acids is 1. The summed E-state index contributed by atoms with van der Waals surface area (Å²) in [5.74, 6) is 0.0915. The number of aryl methyl sites for hydroxylation is 2. The molecule has 0 atom stereocenters. The summed E-state index contributed by atoms with van der Waals surface area (Å²) in [5.41, 5.74) is 4.31. The summed E-state index contributed by atoms with van der Waals surface area (Å²) in [6.07, 6.45) is 4.09. The molecule has 23 heavy (non-hydrogen) atoms. The van der Waals surface area contributed by atoms with Crippen molar-refractivity contribution in [2.45, 2.75) is 26.2 Å². The number of benzene rings is 1. The van der Waals surface area contributed by atoms with E-state index in [4.69, 9.17) is 0 Å². The quantitative estimate of drug-likeness (QED) is 0.761. The van der Waals surface area contributed by atoms with E-state index in [0.717, 1.165) is 29.9 Å². The van der Waals surface area contributed by atoms with Crippen LogP contribution in [0, 0.1) is 6.92 Å². The molecule has 4 nitrogen and oxygen atoms in total. The fraction of sp³-hybridized carbons (Fsp3) is 0.263. The summed E-state index contributed by atoms with van der Waals surface area (Å²) >= 11 is 0. The van der Waals surface area contributed by atoms with E-state index >= 15 is 0 Å². The van der Waals surface area contributed by atoms with Gasteiger partial charge in [-0.25, -0.2) is 4.98 Å². The van der Waals surface area contributed by atoms with Crippen molar-refractivity contribution in [2.75, 3.05) is 6.54 Å². The Hall–Kier alpha value is -2.62. The molecule has 118 valence electrons. The molecule has 0 saturated carbocycles. The van der Waals surface area contributed by atoms with Crippen LogP contribution in [0.4, 0.5) is 0 Å². The summed E-state index contributed by atoms with van der Waals surface area (Å²) < 4.78 is 2.08. The van der Waals surface area contributed by atoms with Gasteiger partial charge in [0.05, 0.1) is 5.69 Å². The molecule has 0 aliphatic heterocycles. The zero-order valence-electron chi connectivity index (χ0n) is 13.3. The first kappa shape index (κ1) is 15.3. The van der Waals surface area contributed by atoms with Gasteiger partial charge in [-0.3, -0.25) is 4.79 Å². The second kappa shape index (κ2) is 7.09. The molecule has 0 radical (unpaired) electrons. The number of aromatic nitrogens is 2. The van der Waals surface area contributed by atoms with E-state index in [1.54, 1.807) is 0 Å². The van der Waals surface area contributed by atoms with E-state index in [2.05, 4.69) is 27.7 Å². The van der Waals surface area contributed by atoms with Gasteiger partial charge in [0.15, 0.2) is 0 Å². The molecule has 2 aromatic heterocycles. The molecule has 0 saturated heterocycles. The monoisotopic (exact) mass is 307 g/mol.